The molecule has 1 aromatic carbocycles. The van der Waals surface area contributed by atoms with E-state index in [1.807, 2.05) is 24.3 Å². The Labute approximate surface area is 132 Å². The zero-order valence-electron chi connectivity index (χ0n) is 13.4. The Hall–Kier alpha value is -1.55. The lowest BCUT2D eigenvalue weighted by atomic mass is 9.84. The van der Waals surface area contributed by atoms with Crippen LogP contribution in [0.2, 0.25) is 0 Å². The second-order valence-electron chi connectivity index (χ2n) is 6.44. The van der Waals surface area contributed by atoms with Gasteiger partial charge in [-0.05, 0) is 62.5 Å². The van der Waals surface area contributed by atoms with Crippen LogP contribution in [-0.4, -0.2) is 43.1 Å². The van der Waals surface area contributed by atoms with Crippen LogP contribution in [0.5, 0.6) is 5.75 Å². The third-order valence-electron chi connectivity index (χ3n) is 4.86. The van der Waals surface area contributed by atoms with Crippen molar-refractivity contribution in [2.75, 3.05) is 26.2 Å². The first-order valence-corrected chi connectivity index (χ1v) is 8.52. The summed E-state index contributed by atoms with van der Waals surface area (Å²) in [6, 6.07) is 7.81. The lowest BCUT2D eigenvalue weighted by molar-refractivity contribution is 0.0620. The van der Waals surface area contributed by atoms with Gasteiger partial charge in [-0.15, -0.1) is 0 Å². The Morgan fingerprint density at radius 1 is 1.27 bits per heavy atom. The molecule has 1 amide bonds. The fourth-order valence-electron chi connectivity index (χ4n) is 3.42. The van der Waals surface area contributed by atoms with Crippen molar-refractivity contribution in [2.24, 2.45) is 5.92 Å². The quantitative estimate of drug-likeness (QED) is 0.822. The highest BCUT2D eigenvalue weighted by Gasteiger charge is 2.34. The first-order chi connectivity index (χ1) is 10.8. The fraction of sp³-hybridized carbons (Fsp3) is 0.611. The number of hydrogen-bond acceptors (Lipinski definition) is 3. The van der Waals surface area contributed by atoms with Gasteiger partial charge in [-0.2, -0.15) is 0 Å². The average Bonchev–Trinajstić information content (AvgIpc) is 2.57. The zero-order valence-corrected chi connectivity index (χ0v) is 13.4. The third kappa shape index (κ3) is 3.61. The van der Waals surface area contributed by atoms with Crippen LogP contribution in [0.25, 0.3) is 0 Å². The van der Waals surface area contributed by atoms with Crippen LogP contribution in [0.4, 0.5) is 0 Å². The number of ether oxygens (including phenoxy) is 1. The summed E-state index contributed by atoms with van der Waals surface area (Å²) in [7, 11) is 0. The van der Waals surface area contributed by atoms with Crippen molar-refractivity contribution in [2.45, 2.75) is 38.6 Å². The number of carbonyl (C=O) groups is 1. The Morgan fingerprint density at radius 3 is 2.59 bits per heavy atom. The molecule has 4 heteroatoms. The molecule has 4 rings (SSSR count). The van der Waals surface area contributed by atoms with Gasteiger partial charge in [-0.25, -0.2) is 0 Å². The van der Waals surface area contributed by atoms with Gasteiger partial charge in [-0.1, -0.05) is 13.3 Å². The van der Waals surface area contributed by atoms with Gasteiger partial charge in [0.2, 0.25) is 0 Å². The molecule has 0 saturated carbocycles. The van der Waals surface area contributed by atoms with E-state index in [-0.39, 0.29) is 5.91 Å². The molecule has 0 aliphatic carbocycles. The van der Waals surface area contributed by atoms with Gasteiger partial charge in [0.05, 0.1) is 6.61 Å². The Kier molecular flexibility index (Phi) is 4.98. The summed E-state index contributed by atoms with van der Waals surface area (Å²) in [5.74, 6) is 1.54. The molecule has 22 heavy (non-hydrogen) atoms. The molecule has 1 N–H and O–H groups in total. The number of nitrogens with zero attached hydrogens (tertiary/aromatic N) is 1. The van der Waals surface area contributed by atoms with Gasteiger partial charge >= 0.3 is 0 Å². The van der Waals surface area contributed by atoms with E-state index in [1.54, 1.807) is 0 Å². The highest BCUT2D eigenvalue weighted by molar-refractivity contribution is 5.94. The minimum absolute atomic E-state index is 0.0406. The second-order valence-corrected chi connectivity index (χ2v) is 6.44. The van der Waals surface area contributed by atoms with E-state index in [1.165, 1.54) is 25.9 Å². The molecule has 0 spiro atoms. The highest BCUT2D eigenvalue weighted by atomic mass is 16.5. The lowest BCUT2D eigenvalue weighted by Crippen LogP contribution is -2.57. The summed E-state index contributed by atoms with van der Waals surface area (Å²) in [6.07, 6.45) is 4.62. The smallest absolute Gasteiger partial charge is 0.251 e. The van der Waals surface area contributed by atoms with Crippen molar-refractivity contribution >= 4 is 5.91 Å². The molecule has 1 aromatic rings. The number of unbranched alkanes of at least 4 members (excludes halogenated alkanes) is 1. The summed E-state index contributed by atoms with van der Waals surface area (Å²) >= 11 is 0. The molecule has 3 aliphatic heterocycles. The molecule has 3 saturated heterocycles. The number of piperidine rings is 3. The van der Waals surface area contributed by atoms with Gasteiger partial charge in [-0.3, -0.25) is 4.79 Å². The van der Waals surface area contributed by atoms with Gasteiger partial charge in [0.1, 0.15) is 5.75 Å². The van der Waals surface area contributed by atoms with E-state index in [2.05, 4.69) is 17.1 Å². The van der Waals surface area contributed by atoms with E-state index in [0.717, 1.165) is 37.3 Å². The molecule has 3 heterocycles. The van der Waals surface area contributed by atoms with Crippen LogP contribution < -0.4 is 10.1 Å². The van der Waals surface area contributed by atoms with E-state index < -0.39 is 0 Å². The molecule has 4 nitrogen and oxygen atoms in total. The Bertz CT molecular complexity index is 492. The molecule has 3 fully saturated rings. The maximum atomic E-state index is 12.4. The summed E-state index contributed by atoms with van der Waals surface area (Å²) in [5.41, 5.74) is 0.722. The van der Waals surface area contributed by atoms with Crippen LogP contribution in [0.15, 0.2) is 24.3 Å². The topological polar surface area (TPSA) is 41.6 Å². The van der Waals surface area contributed by atoms with Crippen LogP contribution >= 0.6 is 0 Å². The number of carbonyl (C=O) groups excluding carboxylic acids is 1. The molecular formula is C18H26N2O2. The predicted octanol–water partition coefficient (Wildman–Crippen LogP) is 2.69. The molecule has 0 unspecified atom stereocenters. The summed E-state index contributed by atoms with van der Waals surface area (Å²) in [6.45, 7) is 6.28. The van der Waals surface area contributed by atoms with E-state index in [4.69, 9.17) is 4.74 Å². The Morgan fingerprint density at radius 2 is 2.00 bits per heavy atom. The molecular weight excluding hydrogens is 276 g/mol. The van der Waals surface area contributed by atoms with Gasteiger partial charge < -0.3 is 15.0 Å². The predicted molar refractivity (Wildman–Crippen MR) is 87.3 cm³/mol. The second kappa shape index (κ2) is 7.14. The maximum absolute atomic E-state index is 12.4. The van der Waals surface area contributed by atoms with Crippen LogP contribution in [-0.2, 0) is 0 Å². The molecule has 3 aliphatic rings. The van der Waals surface area contributed by atoms with E-state index >= 15 is 0 Å². The maximum Gasteiger partial charge on any atom is 0.251 e. The Balaban J connectivity index is 1.53. The first-order valence-electron chi connectivity index (χ1n) is 8.52. The monoisotopic (exact) mass is 302 g/mol. The molecule has 0 radical (unpaired) electrons. The molecule has 120 valence electrons. The molecule has 0 aromatic heterocycles. The lowest BCUT2D eigenvalue weighted by Gasteiger charge is -2.44. The largest absolute Gasteiger partial charge is 0.494 e. The SMILES string of the molecule is CCCCOc1ccc(C(=O)N[C@@H]2CN3CCC2CC3)cc1. The van der Waals surface area contributed by atoms with Gasteiger partial charge in [0.25, 0.3) is 5.91 Å². The number of benzene rings is 1. The average molecular weight is 302 g/mol. The van der Waals surface area contributed by atoms with Crippen LogP contribution in [0, 0.1) is 5.92 Å². The normalized spacial score (nSPS) is 26.7. The van der Waals surface area contributed by atoms with E-state index in [0.29, 0.717) is 12.0 Å². The van der Waals surface area contributed by atoms with Crippen molar-refractivity contribution < 1.29 is 9.53 Å². The summed E-state index contributed by atoms with van der Waals surface area (Å²) in [4.78, 5) is 14.8. The van der Waals surface area contributed by atoms with Crippen molar-refractivity contribution in [1.29, 1.82) is 0 Å². The minimum Gasteiger partial charge on any atom is -0.494 e. The van der Waals surface area contributed by atoms with Crippen LogP contribution in [0.3, 0.4) is 0 Å². The van der Waals surface area contributed by atoms with Crippen LogP contribution in [0.1, 0.15) is 43.0 Å². The molecule has 1 atom stereocenters. The number of rotatable bonds is 6. The minimum atomic E-state index is 0.0406. The van der Waals surface area contributed by atoms with Gasteiger partial charge in [0.15, 0.2) is 0 Å². The summed E-state index contributed by atoms with van der Waals surface area (Å²) in [5, 5.41) is 3.22. The number of nitrogens with one attached hydrogen (secondary N) is 1. The van der Waals surface area contributed by atoms with Crippen molar-refractivity contribution in [3.8, 4) is 5.75 Å². The summed E-state index contributed by atoms with van der Waals surface area (Å²) < 4.78 is 5.63. The third-order valence-corrected chi connectivity index (χ3v) is 4.86. The van der Waals surface area contributed by atoms with E-state index in [9.17, 15) is 4.79 Å². The standard InChI is InChI=1S/C18H26N2O2/c1-2-3-12-22-16-6-4-15(5-7-16)18(21)19-17-13-20-10-8-14(17)9-11-20/h4-7,14,17H,2-3,8-13H2,1H3,(H,19,21)/t17-/m1/s1. The zero-order chi connectivity index (χ0) is 15.4. The first kappa shape index (κ1) is 15.3. The highest BCUT2D eigenvalue weighted by Crippen LogP contribution is 2.27. The van der Waals surface area contributed by atoms with Crippen molar-refractivity contribution in [3.05, 3.63) is 29.8 Å². The van der Waals surface area contributed by atoms with Crippen molar-refractivity contribution in [1.82, 2.24) is 10.2 Å². The fourth-order valence-corrected chi connectivity index (χ4v) is 3.42. The number of fused-ring (bicyclic) bond motifs is 3. The van der Waals surface area contributed by atoms with Gasteiger partial charge in [0, 0.05) is 18.2 Å². The molecule has 2 bridgehead atoms. The number of hydrogen-bond donors (Lipinski definition) is 1. The van der Waals surface area contributed by atoms with Crippen molar-refractivity contribution in [3.63, 3.8) is 0 Å². The number of amides is 1.